The van der Waals surface area contributed by atoms with E-state index in [0.29, 0.717) is 30.1 Å². The molecule has 20 heavy (non-hydrogen) atoms. The van der Waals surface area contributed by atoms with Crippen LogP contribution in [-0.2, 0) is 0 Å². The first-order valence-corrected chi connectivity index (χ1v) is 7.30. The summed E-state index contributed by atoms with van der Waals surface area (Å²) < 4.78 is 13.6. The van der Waals surface area contributed by atoms with Gasteiger partial charge in [0.2, 0.25) is 0 Å². The lowest BCUT2D eigenvalue weighted by Crippen LogP contribution is -2.32. The van der Waals surface area contributed by atoms with E-state index in [9.17, 15) is 14.3 Å². The Labute approximate surface area is 118 Å². The van der Waals surface area contributed by atoms with Gasteiger partial charge in [0.25, 0.3) is 5.91 Å². The number of hydrogen-bond acceptors (Lipinski definition) is 2. The minimum Gasteiger partial charge on any atom is -0.393 e. The number of benzene rings is 1. The van der Waals surface area contributed by atoms with Crippen molar-refractivity contribution in [1.82, 2.24) is 4.90 Å². The molecule has 0 spiro atoms. The van der Waals surface area contributed by atoms with Crippen LogP contribution in [-0.4, -0.2) is 35.1 Å². The van der Waals surface area contributed by atoms with E-state index in [-0.39, 0.29) is 23.7 Å². The zero-order chi connectivity index (χ0) is 14.3. The van der Waals surface area contributed by atoms with Crippen LogP contribution in [0.25, 0.3) is 0 Å². The Bertz CT molecular complexity index is 531. The molecule has 1 aliphatic heterocycles. The van der Waals surface area contributed by atoms with Gasteiger partial charge in [-0.25, -0.2) is 4.39 Å². The lowest BCUT2D eigenvalue weighted by atomic mass is 9.80. The van der Waals surface area contributed by atoms with Gasteiger partial charge in [-0.3, -0.25) is 4.79 Å². The average molecular weight is 277 g/mol. The number of aliphatic hydroxyl groups excluding tert-OH is 1. The summed E-state index contributed by atoms with van der Waals surface area (Å²) in [6.07, 6.45) is 2.65. The third-order valence-corrected chi connectivity index (χ3v) is 4.77. The molecule has 1 aliphatic carbocycles. The highest BCUT2D eigenvalue weighted by molar-refractivity contribution is 5.94. The van der Waals surface area contributed by atoms with Crippen molar-refractivity contribution in [2.75, 3.05) is 13.1 Å². The van der Waals surface area contributed by atoms with Gasteiger partial charge in [0.15, 0.2) is 0 Å². The van der Waals surface area contributed by atoms with Crippen LogP contribution in [0.5, 0.6) is 0 Å². The van der Waals surface area contributed by atoms with Crippen LogP contribution in [0.2, 0.25) is 0 Å². The van der Waals surface area contributed by atoms with Crippen LogP contribution in [0.15, 0.2) is 18.2 Å². The molecule has 0 radical (unpaired) electrons. The van der Waals surface area contributed by atoms with Crippen LogP contribution < -0.4 is 0 Å². The van der Waals surface area contributed by atoms with Gasteiger partial charge >= 0.3 is 0 Å². The standard InChI is InChI=1S/C16H20FNO2/c1-10-5-6-11(7-14(10)17)16(20)18-8-12-3-2-4-15(19)13(12)9-18/h5-7,12-13,15,19H,2-4,8-9H2,1H3/t12-,13+,15-/m1/s1. The molecule has 3 atom stereocenters. The molecule has 0 unspecified atom stereocenters. The maximum absolute atomic E-state index is 13.6. The number of fused-ring (bicyclic) bond motifs is 1. The van der Waals surface area contributed by atoms with Gasteiger partial charge in [-0.1, -0.05) is 12.5 Å². The van der Waals surface area contributed by atoms with Crippen molar-refractivity contribution in [2.24, 2.45) is 11.8 Å². The number of amides is 1. The van der Waals surface area contributed by atoms with Crippen LogP contribution in [0.1, 0.15) is 35.2 Å². The van der Waals surface area contributed by atoms with Gasteiger partial charge < -0.3 is 10.0 Å². The fourth-order valence-electron chi connectivity index (χ4n) is 3.52. The topological polar surface area (TPSA) is 40.5 Å². The summed E-state index contributed by atoms with van der Waals surface area (Å²) in [5.41, 5.74) is 0.952. The molecule has 1 N–H and O–H groups in total. The Morgan fingerprint density at radius 2 is 2.15 bits per heavy atom. The molecule has 1 amide bonds. The summed E-state index contributed by atoms with van der Waals surface area (Å²) in [5, 5.41) is 10.0. The maximum atomic E-state index is 13.6. The van der Waals surface area contributed by atoms with Crippen molar-refractivity contribution < 1.29 is 14.3 Å². The van der Waals surface area contributed by atoms with Gasteiger partial charge in [-0.05, 0) is 43.4 Å². The molecule has 1 saturated carbocycles. The largest absolute Gasteiger partial charge is 0.393 e. The SMILES string of the molecule is Cc1ccc(C(=O)N2C[C@H]3CCC[C@@H](O)[C@H]3C2)cc1F. The summed E-state index contributed by atoms with van der Waals surface area (Å²) in [6, 6.07) is 4.63. The number of nitrogens with zero attached hydrogens (tertiary/aromatic N) is 1. The van der Waals surface area contributed by atoms with Gasteiger partial charge in [-0.15, -0.1) is 0 Å². The van der Waals surface area contributed by atoms with Gasteiger partial charge in [0.1, 0.15) is 5.82 Å². The second kappa shape index (κ2) is 5.17. The number of halogens is 1. The van der Waals surface area contributed by atoms with E-state index in [4.69, 9.17) is 0 Å². The van der Waals surface area contributed by atoms with Crippen LogP contribution in [0.3, 0.4) is 0 Å². The summed E-state index contributed by atoms with van der Waals surface area (Å²) in [6.45, 7) is 2.97. The fourth-order valence-corrected chi connectivity index (χ4v) is 3.52. The number of carbonyl (C=O) groups is 1. The first-order chi connectivity index (χ1) is 9.56. The molecule has 1 saturated heterocycles. The Kier molecular flexibility index (Phi) is 3.50. The average Bonchev–Trinajstić information content (AvgIpc) is 2.86. The number of aliphatic hydroxyl groups is 1. The first kappa shape index (κ1) is 13.6. The minimum atomic E-state index is -0.340. The van der Waals surface area contributed by atoms with Gasteiger partial charge in [0, 0.05) is 24.6 Å². The van der Waals surface area contributed by atoms with E-state index in [0.717, 1.165) is 19.3 Å². The molecule has 2 fully saturated rings. The molecule has 1 aromatic carbocycles. The Balaban J connectivity index is 1.76. The van der Waals surface area contributed by atoms with E-state index in [1.165, 1.54) is 6.07 Å². The summed E-state index contributed by atoms with van der Waals surface area (Å²) in [5.74, 6) is 0.138. The fraction of sp³-hybridized carbons (Fsp3) is 0.562. The Morgan fingerprint density at radius 3 is 2.85 bits per heavy atom. The van der Waals surface area contributed by atoms with Gasteiger partial charge in [0.05, 0.1) is 6.10 Å². The first-order valence-electron chi connectivity index (χ1n) is 7.30. The lowest BCUT2D eigenvalue weighted by molar-refractivity contribution is 0.0539. The Hall–Kier alpha value is -1.42. The zero-order valence-corrected chi connectivity index (χ0v) is 11.7. The highest BCUT2D eigenvalue weighted by Gasteiger charge is 2.41. The quantitative estimate of drug-likeness (QED) is 0.856. The zero-order valence-electron chi connectivity index (χ0n) is 11.7. The van der Waals surface area contributed by atoms with E-state index < -0.39 is 0 Å². The predicted molar refractivity (Wildman–Crippen MR) is 73.9 cm³/mol. The molecule has 2 aliphatic rings. The van der Waals surface area contributed by atoms with Crippen molar-refractivity contribution in [3.05, 3.63) is 35.1 Å². The molecular weight excluding hydrogens is 257 g/mol. The number of hydrogen-bond donors (Lipinski definition) is 1. The molecule has 0 aromatic heterocycles. The molecule has 4 heteroatoms. The molecule has 3 nitrogen and oxygen atoms in total. The van der Waals surface area contributed by atoms with Gasteiger partial charge in [-0.2, -0.15) is 0 Å². The van der Waals surface area contributed by atoms with Crippen LogP contribution in [0.4, 0.5) is 4.39 Å². The van der Waals surface area contributed by atoms with Crippen molar-refractivity contribution >= 4 is 5.91 Å². The second-order valence-electron chi connectivity index (χ2n) is 6.10. The van der Waals surface area contributed by atoms with Crippen molar-refractivity contribution in [2.45, 2.75) is 32.3 Å². The maximum Gasteiger partial charge on any atom is 0.253 e. The second-order valence-corrected chi connectivity index (χ2v) is 6.10. The number of aryl methyl sites for hydroxylation is 1. The third kappa shape index (κ3) is 2.33. The number of likely N-dealkylation sites (tertiary alicyclic amines) is 1. The smallest absolute Gasteiger partial charge is 0.253 e. The molecule has 3 rings (SSSR count). The lowest BCUT2D eigenvalue weighted by Gasteiger charge is -2.28. The number of carbonyl (C=O) groups excluding carboxylic acids is 1. The van der Waals surface area contributed by atoms with E-state index in [2.05, 4.69) is 0 Å². The molecule has 1 aromatic rings. The summed E-state index contributed by atoms with van der Waals surface area (Å²) in [7, 11) is 0. The van der Waals surface area contributed by atoms with Crippen LogP contribution >= 0.6 is 0 Å². The van der Waals surface area contributed by atoms with Crippen molar-refractivity contribution in [3.8, 4) is 0 Å². The highest BCUT2D eigenvalue weighted by atomic mass is 19.1. The van der Waals surface area contributed by atoms with E-state index in [1.54, 1.807) is 24.0 Å². The van der Waals surface area contributed by atoms with Crippen LogP contribution in [0, 0.1) is 24.6 Å². The molecular formula is C16H20FNO2. The molecule has 1 heterocycles. The summed E-state index contributed by atoms with van der Waals surface area (Å²) >= 11 is 0. The van der Waals surface area contributed by atoms with E-state index >= 15 is 0 Å². The van der Waals surface area contributed by atoms with E-state index in [1.807, 2.05) is 0 Å². The normalized spacial score (nSPS) is 29.4. The molecule has 0 bridgehead atoms. The Morgan fingerprint density at radius 1 is 1.35 bits per heavy atom. The van der Waals surface area contributed by atoms with Crippen molar-refractivity contribution in [1.29, 1.82) is 0 Å². The third-order valence-electron chi connectivity index (χ3n) is 4.77. The highest BCUT2D eigenvalue weighted by Crippen LogP contribution is 2.36. The minimum absolute atomic E-state index is 0.120. The molecule has 108 valence electrons. The predicted octanol–water partition coefficient (Wildman–Crippen LogP) is 2.37. The number of rotatable bonds is 1. The summed E-state index contributed by atoms with van der Waals surface area (Å²) in [4.78, 5) is 14.2. The van der Waals surface area contributed by atoms with Crippen molar-refractivity contribution in [3.63, 3.8) is 0 Å². The monoisotopic (exact) mass is 277 g/mol.